The molecule has 2 aromatic carbocycles. The summed E-state index contributed by atoms with van der Waals surface area (Å²) in [7, 11) is -4.51. The lowest BCUT2D eigenvalue weighted by Gasteiger charge is -2.23. The molecule has 0 bridgehead atoms. The molecule has 0 saturated carbocycles. The van der Waals surface area contributed by atoms with E-state index in [2.05, 4.69) is 0 Å². The maximum atomic E-state index is 13.2. The first-order valence-corrected chi connectivity index (χ1v) is 10.2. The number of nitrogens with zero attached hydrogens (tertiary/aromatic N) is 1. The summed E-state index contributed by atoms with van der Waals surface area (Å²) >= 11 is 0. The lowest BCUT2D eigenvalue weighted by atomic mass is 10.1. The fourth-order valence-electron chi connectivity index (χ4n) is 2.58. The van der Waals surface area contributed by atoms with Gasteiger partial charge in [0, 0.05) is 0 Å². The fourth-order valence-corrected chi connectivity index (χ4v) is 4.17. The van der Waals surface area contributed by atoms with Crippen molar-refractivity contribution < 1.29 is 44.7 Å². The molecule has 0 aromatic heterocycles. The predicted molar refractivity (Wildman–Crippen MR) is 98.9 cm³/mol. The Morgan fingerprint density at radius 2 is 1.59 bits per heavy atom. The molecule has 0 saturated heterocycles. The van der Waals surface area contributed by atoms with Crippen LogP contribution in [0.15, 0.2) is 47.4 Å². The molecule has 0 aliphatic rings. The monoisotopic (exact) mass is 480 g/mol. The van der Waals surface area contributed by atoms with Gasteiger partial charge in [-0.2, -0.15) is 31.6 Å². The number of amides is 1. The number of hydrogen-bond acceptors (Lipinski definition) is 5. The minimum absolute atomic E-state index is 0.355. The molecule has 0 aliphatic heterocycles. The number of anilines is 1. The van der Waals surface area contributed by atoms with E-state index in [9.17, 15) is 44.7 Å². The molecular weight excluding hydrogens is 466 g/mol. The molecule has 1 atom stereocenters. The molecule has 2 aromatic rings. The van der Waals surface area contributed by atoms with Crippen LogP contribution in [0, 0.1) is 11.3 Å². The molecule has 6 nitrogen and oxygen atoms in total. The van der Waals surface area contributed by atoms with Crippen LogP contribution in [0.4, 0.5) is 32.0 Å². The van der Waals surface area contributed by atoms with Crippen LogP contribution in [0.1, 0.15) is 23.6 Å². The molecule has 0 aliphatic carbocycles. The zero-order valence-electron chi connectivity index (χ0n) is 16.0. The van der Waals surface area contributed by atoms with Gasteiger partial charge in [0.1, 0.15) is 0 Å². The van der Waals surface area contributed by atoms with E-state index >= 15 is 0 Å². The molecule has 2 rings (SSSR count). The average molecular weight is 480 g/mol. The van der Waals surface area contributed by atoms with Gasteiger partial charge in [-0.3, -0.25) is 4.79 Å². The Labute approximate surface area is 178 Å². The Kier molecular flexibility index (Phi) is 6.63. The van der Waals surface area contributed by atoms with Crippen LogP contribution < -0.4 is 5.32 Å². The number of nitriles is 1. The summed E-state index contributed by atoms with van der Waals surface area (Å²) in [5, 5.41) is 20.8. The molecule has 0 spiro atoms. The Morgan fingerprint density at radius 1 is 1.03 bits per heavy atom. The number of halogens is 6. The maximum Gasteiger partial charge on any atom is 0.418 e. The Morgan fingerprint density at radius 3 is 2.06 bits per heavy atom. The fraction of sp³-hybridized carbons (Fsp3) is 0.263. The molecular formula is C19H14F6N2O4S. The second-order valence-electron chi connectivity index (χ2n) is 6.88. The predicted octanol–water partition coefficient (Wildman–Crippen LogP) is 3.76. The van der Waals surface area contributed by atoms with Crippen molar-refractivity contribution in [2.24, 2.45) is 0 Å². The largest absolute Gasteiger partial charge is 0.418 e. The molecule has 0 radical (unpaired) electrons. The van der Waals surface area contributed by atoms with E-state index in [4.69, 9.17) is 5.26 Å². The van der Waals surface area contributed by atoms with Gasteiger partial charge in [-0.15, -0.1) is 0 Å². The van der Waals surface area contributed by atoms with Gasteiger partial charge in [0.05, 0.1) is 39.1 Å². The number of alkyl halides is 6. The summed E-state index contributed by atoms with van der Waals surface area (Å²) in [5.41, 5.74) is -6.45. The van der Waals surface area contributed by atoms with Gasteiger partial charge in [0.15, 0.2) is 15.4 Å². The van der Waals surface area contributed by atoms with Crippen LogP contribution in [-0.2, 0) is 27.0 Å². The third-order valence-electron chi connectivity index (χ3n) is 4.20. The third-order valence-corrected chi connectivity index (χ3v) is 6.14. The Balaban J connectivity index is 2.29. The van der Waals surface area contributed by atoms with Gasteiger partial charge < -0.3 is 10.4 Å². The van der Waals surface area contributed by atoms with E-state index in [-0.39, 0.29) is 5.56 Å². The van der Waals surface area contributed by atoms with E-state index < -0.39 is 61.2 Å². The zero-order valence-corrected chi connectivity index (χ0v) is 16.9. The van der Waals surface area contributed by atoms with Gasteiger partial charge in [0.2, 0.25) is 0 Å². The number of nitrogens with one attached hydrogen (secondary N) is 1. The number of sulfone groups is 1. The molecule has 1 unspecified atom stereocenters. The first-order chi connectivity index (χ1) is 14.5. The number of benzene rings is 2. The lowest BCUT2D eigenvalue weighted by molar-refractivity contribution is -0.138. The van der Waals surface area contributed by atoms with E-state index in [1.807, 2.05) is 0 Å². The molecule has 2 N–H and O–H groups in total. The van der Waals surface area contributed by atoms with Gasteiger partial charge in [0.25, 0.3) is 5.91 Å². The van der Waals surface area contributed by atoms with Crippen LogP contribution in [-0.4, -0.2) is 30.8 Å². The van der Waals surface area contributed by atoms with E-state index in [0.29, 0.717) is 30.3 Å². The second kappa shape index (κ2) is 8.44. The standard InChI is InChI=1S/C19H14F6N2O4S/c1-17(29,10-32(30,31)13-5-3-12(4-6-13)18(20,21)22)16(28)27-15-7-2-11(9-26)8-14(15)19(23,24)25/h2-8,29H,10H2,1H3,(H,27,28). The molecule has 13 heteroatoms. The molecule has 172 valence electrons. The first-order valence-electron chi connectivity index (χ1n) is 8.52. The van der Waals surface area contributed by atoms with Crippen molar-refractivity contribution in [1.82, 2.24) is 0 Å². The minimum atomic E-state index is -4.98. The average Bonchev–Trinajstić information content (AvgIpc) is 2.66. The smallest absolute Gasteiger partial charge is 0.379 e. The van der Waals surface area contributed by atoms with Crippen molar-refractivity contribution in [1.29, 1.82) is 5.26 Å². The van der Waals surface area contributed by atoms with Crippen molar-refractivity contribution >= 4 is 21.4 Å². The maximum absolute atomic E-state index is 13.2. The summed E-state index contributed by atoms with van der Waals surface area (Å²) in [6, 6.07) is 5.95. The highest BCUT2D eigenvalue weighted by Crippen LogP contribution is 2.36. The van der Waals surface area contributed by atoms with Crippen molar-refractivity contribution in [3.63, 3.8) is 0 Å². The Hall–Kier alpha value is -3.11. The minimum Gasteiger partial charge on any atom is -0.379 e. The summed E-state index contributed by atoms with van der Waals surface area (Å²) in [6.45, 7) is 0.723. The van der Waals surface area contributed by atoms with Gasteiger partial charge in [-0.05, 0) is 49.4 Å². The highest BCUT2D eigenvalue weighted by Gasteiger charge is 2.40. The number of hydrogen-bond donors (Lipinski definition) is 2. The number of carbonyl (C=O) groups is 1. The van der Waals surface area contributed by atoms with Crippen molar-refractivity contribution in [3.8, 4) is 6.07 Å². The topological polar surface area (TPSA) is 107 Å². The number of aliphatic hydroxyl groups is 1. The van der Waals surface area contributed by atoms with E-state index in [1.54, 1.807) is 5.32 Å². The summed E-state index contributed by atoms with van der Waals surface area (Å²) in [4.78, 5) is 11.7. The van der Waals surface area contributed by atoms with Gasteiger partial charge in [-0.25, -0.2) is 8.42 Å². The van der Waals surface area contributed by atoms with Crippen molar-refractivity contribution in [2.75, 3.05) is 11.1 Å². The first kappa shape index (κ1) is 25.2. The van der Waals surface area contributed by atoms with Crippen LogP contribution in [0.25, 0.3) is 0 Å². The molecule has 0 fully saturated rings. The summed E-state index contributed by atoms with van der Waals surface area (Å²) < 4.78 is 102. The third kappa shape index (κ3) is 5.77. The summed E-state index contributed by atoms with van der Waals surface area (Å²) in [5.74, 6) is -2.84. The van der Waals surface area contributed by atoms with E-state index in [1.165, 1.54) is 6.07 Å². The second-order valence-corrected chi connectivity index (χ2v) is 8.87. The van der Waals surface area contributed by atoms with Gasteiger partial charge >= 0.3 is 12.4 Å². The van der Waals surface area contributed by atoms with Crippen molar-refractivity contribution in [3.05, 3.63) is 59.2 Å². The number of rotatable bonds is 5. The lowest BCUT2D eigenvalue weighted by Crippen LogP contribution is -2.46. The highest BCUT2D eigenvalue weighted by molar-refractivity contribution is 7.91. The SMILES string of the molecule is CC(O)(CS(=O)(=O)c1ccc(C(F)(F)F)cc1)C(=O)Nc1ccc(C#N)cc1C(F)(F)F. The van der Waals surface area contributed by atoms with Crippen molar-refractivity contribution in [2.45, 2.75) is 29.8 Å². The van der Waals surface area contributed by atoms with Crippen LogP contribution in [0.2, 0.25) is 0 Å². The molecule has 0 heterocycles. The normalized spacial score (nSPS) is 14.3. The number of carbonyl (C=O) groups excluding carboxylic acids is 1. The highest BCUT2D eigenvalue weighted by atomic mass is 32.2. The van der Waals surface area contributed by atoms with Crippen LogP contribution in [0.3, 0.4) is 0 Å². The van der Waals surface area contributed by atoms with Gasteiger partial charge in [-0.1, -0.05) is 0 Å². The van der Waals surface area contributed by atoms with Crippen LogP contribution >= 0.6 is 0 Å². The quantitative estimate of drug-likeness (QED) is 0.634. The molecule has 32 heavy (non-hydrogen) atoms. The molecule has 1 amide bonds. The zero-order chi connectivity index (χ0) is 24.5. The van der Waals surface area contributed by atoms with E-state index in [0.717, 1.165) is 19.1 Å². The Bertz CT molecular complexity index is 1160. The van der Waals surface area contributed by atoms with Crippen LogP contribution in [0.5, 0.6) is 0 Å². The summed E-state index contributed by atoms with van der Waals surface area (Å²) in [6.07, 6.45) is -9.70.